The predicted molar refractivity (Wildman–Crippen MR) is 56.5 cm³/mol. The van der Waals surface area contributed by atoms with E-state index < -0.39 is 28.9 Å². The summed E-state index contributed by atoms with van der Waals surface area (Å²) in [6.07, 6.45) is 0. The molecule has 4 nitrogen and oxygen atoms in total. The molecule has 0 amide bonds. The lowest BCUT2D eigenvalue weighted by atomic mass is 10.1. The van der Waals surface area contributed by atoms with Gasteiger partial charge in [0.25, 0.3) is 0 Å². The average Bonchev–Trinajstić information content (AvgIpc) is 2.65. The molecule has 2 aromatic rings. The van der Waals surface area contributed by atoms with Crippen LogP contribution in [0.4, 0.5) is 8.78 Å². The van der Waals surface area contributed by atoms with Gasteiger partial charge in [0.1, 0.15) is 17.3 Å². The van der Waals surface area contributed by atoms with Gasteiger partial charge in [0, 0.05) is 10.5 Å². The molecule has 0 aliphatic carbocycles. The van der Waals surface area contributed by atoms with Crippen LogP contribution < -0.4 is 0 Å². The molecule has 1 aromatic carbocycles. The molecule has 88 valence electrons. The van der Waals surface area contributed by atoms with E-state index in [1.807, 2.05) is 0 Å². The van der Waals surface area contributed by atoms with Gasteiger partial charge in [-0.1, -0.05) is 21.1 Å². The van der Waals surface area contributed by atoms with Crippen molar-refractivity contribution < 1.29 is 23.2 Å². The fraction of sp³-hybridized carbons (Fsp3) is 0. The molecular weight excluding hydrogens is 300 g/mol. The van der Waals surface area contributed by atoms with Crippen molar-refractivity contribution in [2.45, 2.75) is 0 Å². The summed E-state index contributed by atoms with van der Waals surface area (Å²) < 4.78 is 31.7. The second-order valence-corrected chi connectivity index (χ2v) is 4.04. The number of hydrogen-bond donors (Lipinski definition) is 1. The van der Waals surface area contributed by atoms with Crippen LogP contribution in [0.1, 0.15) is 10.6 Å². The van der Waals surface area contributed by atoms with Crippen LogP contribution in [0.5, 0.6) is 0 Å². The lowest BCUT2D eigenvalue weighted by molar-refractivity contribution is 0.0652. The fourth-order valence-corrected chi connectivity index (χ4v) is 1.68. The number of hydrogen-bond acceptors (Lipinski definition) is 3. The Labute approximate surface area is 102 Å². The van der Waals surface area contributed by atoms with Gasteiger partial charge in [-0.3, -0.25) is 0 Å². The molecule has 7 heteroatoms. The Morgan fingerprint density at radius 2 is 1.88 bits per heavy atom. The van der Waals surface area contributed by atoms with Gasteiger partial charge in [0.15, 0.2) is 0 Å². The molecule has 17 heavy (non-hydrogen) atoms. The van der Waals surface area contributed by atoms with E-state index in [2.05, 4.69) is 25.6 Å². The average molecular weight is 304 g/mol. The quantitative estimate of drug-likeness (QED) is 0.926. The van der Waals surface area contributed by atoms with Gasteiger partial charge in [0.2, 0.25) is 5.76 Å². The van der Waals surface area contributed by atoms with E-state index in [1.54, 1.807) is 0 Å². The van der Waals surface area contributed by atoms with Crippen molar-refractivity contribution in [3.63, 3.8) is 0 Å². The largest absolute Gasteiger partial charge is 0.475 e. The maximum absolute atomic E-state index is 13.5. The molecule has 0 radical (unpaired) electrons. The summed E-state index contributed by atoms with van der Waals surface area (Å²) in [4.78, 5) is 10.5. The highest BCUT2D eigenvalue weighted by Gasteiger charge is 2.19. The minimum absolute atomic E-state index is 0.204. The second-order valence-electron chi connectivity index (χ2n) is 3.13. The molecule has 1 N–H and O–H groups in total. The molecule has 0 aliphatic rings. The molecule has 0 fully saturated rings. The van der Waals surface area contributed by atoms with Gasteiger partial charge in [-0.05, 0) is 12.1 Å². The Morgan fingerprint density at radius 3 is 2.35 bits per heavy atom. The lowest BCUT2D eigenvalue weighted by Gasteiger charge is -2.01. The number of aromatic nitrogens is 1. The van der Waals surface area contributed by atoms with E-state index in [-0.39, 0.29) is 10.2 Å². The first-order valence-corrected chi connectivity index (χ1v) is 5.13. The zero-order valence-electron chi connectivity index (χ0n) is 8.08. The number of aromatic carboxylic acids is 1. The van der Waals surface area contributed by atoms with Crippen LogP contribution >= 0.6 is 15.9 Å². The molecule has 2 rings (SSSR count). The van der Waals surface area contributed by atoms with Crippen LogP contribution in [-0.2, 0) is 0 Å². The van der Waals surface area contributed by atoms with Crippen molar-refractivity contribution in [3.05, 3.63) is 40.1 Å². The molecule has 0 saturated carbocycles. The number of halogens is 3. The topological polar surface area (TPSA) is 63.3 Å². The highest BCUT2D eigenvalue weighted by atomic mass is 79.9. The number of carboxylic acid groups (broad SMARTS) is 1. The van der Waals surface area contributed by atoms with Gasteiger partial charge in [0.05, 0.1) is 5.56 Å². The van der Waals surface area contributed by atoms with E-state index in [4.69, 9.17) is 5.11 Å². The van der Waals surface area contributed by atoms with Crippen molar-refractivity contribution >= 4 is 21.9 Å². The zero-order chi connectivity index (χ0) is 12.6. The van der Waals surface area contributed by atoms with Gasteiger partial charge < -0.3 is 9.63 Å². The summed E-state index contributed by atoms with van der Waals surface area (Å²) in [5.74, 6) is -3.56. The summed E-state index contributed by atoms with van der Waals surface area (Å²) in [5.41, 5.74) is -0.630. The molecule has 1 aromatic heterocycles. The number of carboxylic acids is 1. The fourth-order valence-electron chi connectivity index (χ4n) is 1.28. The van der Waals surface area contributed by atoms with Crippen LogP contribution in [0.25, 0.3) is 11.3 Å². The summed E-state index contributed by atoms with van der Waals surface area (Å²) in [5, 5.41) is 11.9. The number of nitrogens with zero attached hydrogens (tertiary/aromatic N) is 1. The van der Waals surface area contributed by atoms with Gasteiger partial charge in [-0.25, -0.2) is 13.6 Å². The van der Waals surface area contributed by atoms with Crippen LogP contribution in [0.3, 0.4) is 0 Å². The zero-order valence-corrected chi connectivity index (χ0v) is 9.66. The molecule has 0 atom stereocenters. The van der Waals surface area contributed by atoms with E-state index in [9.17, 15) is 13.6 Å². The highest BCUT2D eigenvalue weighted by Crippen LogP contribution is 2.28. The van der Waals surface area contributed by atoms with Crippen LogP contribution in [0.2, 0.25) is 0 Å². The maximum Gasteiger partial charge on any atom is 0.374 e. The summed E-state index contributed by atoms with van der Waals surface area (Å²) in [6.45, 7) is 0. The number of benzene rings is 1. The third-order valence-electron chi connectivity index (χ3n) is 1.98. The van der Waals surface area contributed by atoms with E-state index in [0.29, 0.717) is 0 Å². The Bertz CT molecular complexity index is 574. The molecular formula is C10H4BrF2NO3. The first kappa shape index (κ1) is 11.7. The third-order valence-corrected chi connectivity index (χ3v) is 2.44. The SMILES string of the molecule is O=C(O)c1cc(-c2c(F)cc(Br)cc2F)no1. The molecule has 0 saturated heterocycles. The smallest absolute Gasteiger partial charge is 0.374 e. The number of carbonyl (C=O) groups is 1. The normalized spacial score (nSPS) is 10.5. The van der Waals surface area contributed by atoms with Crippen LogP contribution in [0, 0.1) is 11.6 Å². The van der Waals surface area contributed by atoms with E-state index in [1.165, 1.54) is 0 Å². The van der Waals surface area contributed by atoms with Gasteiger partial charge in [-0.2, -0.15) is 0 Å². The second kappa shape index (κ2) is 4.25. The highest BCUT2D eigenvalue weighted by molar-refractivity contribution is 9.10. The summed E-state index contributed by atoms with van der Waals surface area (Å²) in [7, 11) is 0. The van der Waals surface area contributed by atoms with Gasteiger partial charge in [-0.15, -0.1) is 0 Å². The first-order valence-electron chi connectivity index (χ1n) is 4.34. The monoisotopic (exact) mass is 303 g/mol. The Morgan fingerprint density at radius 1 is 1.29 bits per heavy atom. The maximum atomic E-state index is 13.5. The third kappa shape index (κ3) is 2.19. The molecule has 0 aliphatic heterocycles. The Balaban J connectivity index is 2.56. The molecule has 0 unspecified atom stereocenters. The van der Waals surface area contributed by atoms with Gasteiger partial charge >= 0.3 is 5.97 Å². The standard InChI is InChI=1S/C10H4BrF2NO3/c11-4-1-5(12)9(6(13)2-4)7-3-8(10(15)16)17-14-7/h1-3H,(H,15,16). The number of rotatable bonds is 2. The van der Waals surface area contributed by atoms with Crippen LogP contribution in [0.15, 0.2) is 27.2 Å². The minimum Gasteiger partial charge on any atom is -0.475 e. The van der Waals surface area contributed by atoms with E-state index >= 15 is 0 Å². The van der Waals surface area contributed by atoms with Crippen LogP contribution in [-0.4, -0.2) is 16.2 Å². The van der Waals surface area contributed by atoms with Crippen molar-refractivity contribution in [1.29, 1.82) is 0 Å². The minimum atomic E-state index is -1.36. The predicted octanol–water partition coefficient (Wildman–Crippen LogP) is 3.08. The lowest BCUT2D eigenvalue weighted by Crippen LogP contribution is -1.92. The summed E-state index contributed by atoms with van der Waals surface area (Å²) >= 11 is 2.93. The van der Waals surface area contributed by atoms with Crippen molar-refractivity contribution in [2.75, 3.05) is 0 Å². The van der Waals surface area contributed by atoms with Crippen molar-refractivity contribution in [3.8, 4) is 11.3 Å². The summed E-state index contributed by atoms with van der Waals surface area (Å²) in [6, 6.07) is 3.05. The molecule has 1 heterocycles. The Hall–Kier alpha value is -1.76. The Kier molecular flexibility index (Phi) is 2.93. The molecule has 0 bridgehead atoms. The van der Waals surface area contributed by atoms with Crippen molar-refractivity contribution in [1.82, 2.24) is 5.16 Å². The molecule has 0 spiro atoms. The first-order chi connectivity index (χ1) is 7.99. The van der Waals surface area contributed by atoms with Crippen molar-refractivity contribution in [2.24, 2.45) is 0 Å². The van der Waals surface area contributed by atoms with E-state index in [0.717, 1.165) is 18.2 Å².